The molecule has 0 fully saturated rings. The van der Waals surface area contributed by atoms with E-state index >= 15 is 0 Å². The number of para-hydroxylation sites is 1. The second-order valence-corrected chi connectivity index (χ2v) is 4.98. The number of nitrogens with one attached hydrogen (secondary N) is 1. The van der Waals surface area contributed by atoms with Gasteiger partial charge in [-0.25, -0.2) is 5.43 Å². The van der Waals surface area contributed by atoms with E-state index in [2.05, 4.69) is 10.5 Å². The third-order valence-electron chi connectivity index (χ3n) is 2.85. The molecular weight excluding hydrogens is 302 g/mol. The molecule has 0 aromatic heterocycles. The van der Waals surface area contributed by atoms with E-state index in [9.17, 15) is 4.79 Å². The topological polar surface area (TPSA) is 76.7 Å². The lowest BCUT2D eigenvalue weighted by Crippen LogP contribution is -2.25. The van der Waals surface area contributed by atoms with Crippen molar-refractivity contribution in [2.45, 2.75) is 6.92 Å². The van der Waals surface area contributed by atoms with Gasteiger partial charge in [-0.15, -0.1) is 0 Å². The Labute approximate surface area is 133 Å². The molecule has 2 rings (SSSR count). The van der Waals surface area contributed by atoms with E-state index < -0.39 is 0 Å². The summed E-state index contributed by atoms with van der Waals surface area (Å²) in [6.07, 6.45) is 0. The molecule has 0 aliphatic rings. The summed E-state index contributed by atoms with van der Waals surface area (Å²) in [6, 6.07) is 14.2. The predicted octanol–water partition coefficient (Wildman–Crippen LogP) is 2.84. The highest BCUT2D eigenvalue weighted by Crippen LogP contribution is 2.22. The third-order valence-corrected chi connectivity index (χ3v) is 3.16. The molecule has 6 heteroatoms. The largest absolute Gasteiger partial charge is 0.482 e. The number of nitrogen functional groups attached to an aromatic ring is 1. The van der Waals surface area contributed by atoms with E-state index in [1.807, 2.05) is 12.1 Å². The summed E-state index contributed by atoms with van der Waals surface area (Å²) in [5, 5.41) is 4.47. The smallest absolute Gasteiger partial charge is 0.277 e. The Balaban J connectivity index is 1.90. The second-order valence-electron chi connectivity index (χ2n) is 4.58. The van der Waals surface area contributed by atoms with Crippen LogP contribution in [0.3, 0.4) is 0 Å². The summed E-state index contributed by atoms with van der Waals surface area (Å²) in [5.74, 6) is 0.0824. The number of halogens is 1. The number of rotatable bonds is 5. The lowest BCUT2D eigenvalue weighted by molar-refractivity contribution is -0.123. The maximum Gasteiger partial charge on any atom is 0.277 e. The molecule has 0 unspecified atom stereocenters. The molecule has 3 N–H and O–H groups in total. The van der Waals surface area contributed by atoms with Gasteiger partial charge >= 0.3 is 0 Å². The molecule has 0 spiro atoms. The first-order valence-corrected chi connectivity index (χ1v) is 7.00. The van der Waals surface area contributed by atoms with E-state index in [4.69, 9.17) is 22.1 Å². The highest BCUT2D eigenvalue weighted by molar-refractivity contribution is 6.32. The number of anilines is 1. The fourth-order valence-corrected chi connectivity index (χ4v) is 1.90. The molecule has 0 saturated carbocycles. The number of hydrogen-bond donors (Lipinski definition) is 2. The second kappa shape index (κ2) is 7.47. The van der Waals surface area contributed by atoms with Crippen LogP contribution in [0.2, 0.25) is 5.02 Å². The van der Waals surface area contributed by atoms with Gasteiger partial charge in [0.1, 0.15) is 5.75 Å². The van der Waals surface area contributed by atoms with Crippen LogP contribution in [0.5, 0.6) is 5.75 Å². The summed E-state index contributed by atoms with van der Waals surface area (Å²) in [4.78, 5) is 11.7. The molecule has 0 aliphatic heterocycles. The minimum Gasteiger partial charge on any atom is -0.482 e. The lowest BCUT2D eigenvalue weighted by atomic mass is 10.1. The van der Waals surface area contributed by atoms with Crippen LogP contribution in [-0.2, 0) is 4.79 Å². The van der Waals surface area contributed by atoms with Crippen molar-refractivity contribution < 1.29 is 9.53 Å². The number of hydrogen-bond acceptors (Lipinski definition) is 4. The Hall–Kier alpha value is -2.53. The summed E-state index contributed by atoms with van der Waals surface area (Å²) in [7, 11) is 0. The SMILES string of the molecule is C/C(=N/NC(=O)COc1ccccc1Cl)c1cccc(N)c1. The number of nitrogens with zero attached hydrogens (tertiary/aromatic N) is 1. The average Bonchev–Trinajstić information content (AvgIpc) is 2.52. The Bertz CT molecular complexity index is 701. The quantitative estimate of drug-likeness (QED) is 0.506. The number of benzene rings is 2. The van der Waals surface area contributed by atoms with Gasteiger partial charge in [0, 0.05) is 5.69 Å². The molecule has 0 bridgehead atoms. The highest BCUT2D eigenvalue weighted by atomic mass is 35.5. The highest BCUT2D eigenvalue weighted by Gasteiger charge is 2.05. The van der Waals surface area contributed by atoms with Crippen molar-refractivity contribution in [2.75, 3.05) is 12.3 Å². The zero-order chi connectivity index (χ0) is 15.9. The van der Waals surface area contributed by atoms with Crippen LogP contribution in [0, 0.1) is 0 Å². The number of amides is 1. The molecular formula is C16H16ClN3O2. The Morgan fingerprint density at radius 2 is 2.05 bits per heavy atom. The monoisotopic (exact) mass is 317 g/mol. The van der Waals surface area contributed by atoms with E-state index in [1.54, 1.807) is 43.3 Å². The zero-order valence-corrected chi connectivity index (χ0v) is 12.8. The Kier molecular flexibility index (Phi) is 5.38. The molecule has 2 aromatic rings. The van der Waals surface area contributed by atoms with Gasteiger partial charge in [-0.3, -0.25) is 4.79 Å². The van der Waals surface area contributed by atoms with Gasteiger partial charge in [-0.1, -0.05) is 35.9 Å². The molecule has 1 amide bonds. The van der Waals surface area contributed by atoms with Crippen LogP contribution in [0.1, 0.15) is 12.5 Å². The summed E-state index contributed by atoms with van der Waals surface area (Å²) in [5.41, 5.74) is 10.3. The van der Waals surface area contributed by atoms with Gasteiger partial charge in [0.15, 0.2) is 6.61 Å². The van der Waals surface area contributed by atoms with Gasteiger partial charge in [0.25, 0.3) is 5.91 Å². The number of ether oxygens (including phenoxy) is 1. The minimum atomic E-state index is -0.372. The first-order valence-electron chi connectivity index (χ1n) is 6.62. The molecule has 2 aromatic carbocycles. The van der Waals surface area contributed by atoms with E-state index in [0.29, 0.717) is 22.2 Å². The molecule has 0 radical (unpaired) electrons. The maximum absolute atomic E-state index is 11.7. The van der Waals surface area contributed by atoms with Crippen LogP contribution in [0.4, 0.5) is 5.69 Å². The molecule has 0 saturated heterocycles. The number of carbonyl (C=O) groups is 1. The molecule has 5 nitrogen and oxygen atoms in total. The first kappa shape index (κ1) is 15.9. The normalized spacial score (nSPS) is 11.1. The van der Waals surface area contributed by atoms with Crippen LogP contribution >= 0.6 is 11.6 Å². The van der Waals surface area contributed by atoms with Gasteiger partial charge in [-0.2, -0.15) is 5.10 Å². The fourth-order valence-electron chi connectivity index (χ4n) is 1.71. The van der Waals surface area contributed by atoms with Crippen molar-refractivity contribution in [2.24, 2.45) is 5.10 Å². The molecule has 0 aliphatic carbocycles. The van der Waals surface area contributed by atoms with Gasteiger partial charge in [-0.05, 0) is 36.8 Å². The first-order chi connectivity index (χ1) is 10.6. The average molecular weight is 318 g/mol. The number of nitrogens with two attached hydrogens (primary N) is 1. The van der Waals surface area contributed by atoms with E-state index in [0.717, 1.165) is 5.56 Å². The van der Waals surface area contributed by atoms with Gasteiger partial charge in [0.2, 0.25) is 0 Å². The van der Waals surface area contributed by atoms with E-state index in [1.165, 1.54) is 0 Å². The molecule has 114 valence electrons. The van der Waals surface area contributed by atoms with Crippen molar-refractivity contribution >= 4 is 28.9 Å². The minimum absolute atomic E-state index is 0.169. The van der Waals surface area contributed by atoms with Crippen LogP contribution in [0.15, 0.2) is 53.6 Å². The zero-order valence-electron chi connectivity index (χ0n) is 12.0. The third kappa shape index (κ3) is 4.49. The Morgan fingerprint density at radius 1 is 1.27 bits per heavy atom. The number of carbonyl (C=O) groups excluding carboxylic acids is 1. The number of hydrazone groups is 1. The van der Waals surface area contributed by atoms with Crippen LogP contribution < -0.4 is 15.9 Å². The van der Waals surface area contributed by atoms with Crippen LogP contribution in [-0.4, -0.2) is 18.2 Å². The predicted molar refractivity (Wildman–Crippen MR) is 88.2 cm³/mol. The molecule has 0 atom stereocenters. The van der Waals surface area contributed by atoms with Gasteiger partial charge in [0.05, 0.1) is 10.7 Å². The lowest BCUT2D eigenvalue weighted by Gasteiger charge is -2.07. The van der Waals surface area contributed by atoms with E-state index in [-0.39, 0.29) is 12.5 Å². The maximum atomic E-state index is 11.7. The molecule has 0 heterocycles. The van der Waals surface area contributed by atoms with Crippen molar-refractivity contribution in [3.63, 3.8) is 0 Å². The van der Waals surface area contributed by atoms with Crippen molar-refractivity contribution in [1.82, 2.24) is 5.43 Å². The summed E-state index contributed by atoms with van der Waals surface area (Å²) in [6.45, 7) is 1.61. The summed E-state index contributed by atoms with van der Waals surface area (Å²) >= 11 is 5.93. The van der Waals surface area contributed by atoms with Crippen LogP contribution in [0.25, 0.3) is 0 Å². The van der Waals surface area contributed by atoms with Crippen molar-refractivity contribution in [3.8, 4) is 5.75 Å². The fraction of sp³-hybridized carbons (Fsp3) is 0.125. The molecule has 22 heavy (non-hydrogen) atoms. The van der Waals surface area contributed by atoms with Crippen molar-refractivity contribution in [3.05, 3.63) is 59.1 Å². The van der Waals surface area contributed by atoms with Gasteiger partial charge < -0.3 is 10.5 Å². The summed E-state index contributed by atoms with van der Waals surface area (Å²) < 4.78 is 5.32. The Morgan fingerprint density at radius 3 is 2.77 bits per heavy atom. The van der Waals surface area contributed by atoms with Crippen molar-refractivity contribution in [1.29, 1.82) is 0 Å². The standard InChI is InChI=1S/C16H16ClN3O2/c1-11(12-5-4-6-13(18)9-12)19-20-16(21)10-22-15-8-3-2-7-14(15)17/h2-9H,10,18H2,1H3,(H,20,21)/b19-11-.